The number of likely N-dealkylation sites (tertiary alicyclic amines) is 2. The predicted molar refractivity (Wildman–Crippen MR) is 183 cm³/mol. The van der Waals surface area contributed by atoms with E-state index >= 15 is 0 Å². The van der Waals surface area contributed by atoms with Gasteiger partial charge < -0.3 is 15.1 Å². The van der Waals surface area contributed by atoms with Gasteiger partial charge in [-0.3, -0.25) is 24.5 Å². The second kappa shape index (κ2) is 19.5. The molecular weight excluding hydrogens is 620 g/mol. The Morgan fingerprint density at radius 2 is 1.57 bits per heavy atom. The number of unbranched alkanes of at least 4 members (excludes halogenated alkanes) is 4. The maximum absolute atomic E-state index is 13.6. The van der Waals surface area contributed by atoms with Crippen molar-refractivity contribution < 1.29 is 27.6 Å². The number of nitrogens with one attached hydrogen (secondary N) is 3. The molecule has 1 aromatic rings. The maximum atomic E-state index is 13.6. The van der Waals surface area contributed by atoms with Gasteiger partial charge in [0.1, 0.15) is 12.1 Å². The first-order chi connectivity index (χ1) is 22.5. The van der Waals surface area contributed by atoms with Crippen LogP contribution < -0.4 is 15.4 Å². The summed E-state index contributed by atoms with van der Waals surface area (Å²) in [5.41, 5.74) is 0.818. The van der Waals surface area contributed by atoms with Gasteiger partial charge in [0.2, 0.25) is 39.6 Å². The van der Waals surface area contributed by atoms with E-state index in [2.05, 4.69) is 34.2 Å². The van der Waals surface area contributed by atoms with Crippen LogP contribution in [0.2, 0.25) is 0 Å². The number of amides is 4. The maximum Gasteiger partial charge on any atom is 0.248 e. The van der Waals surface area contributed by atoms with Crippen molar-refractivity contribution in [3.05, 3.63) is 35.9 Å². The SMILES string of the molecule is CCCCCC(=O)N=C(NC(=O)CCCCC)N1CCC(CNC(=O)[C@@H]2CCCN2C(=O)[C@@H](Cc2ccccc2)NS(C)(=O)=O)CC1. The van der Waals surface area contributed by atoms with E-state index in [4.69, 9.17) is 0 Å². The largest absolute Gasteiger partial charge is 0.354 e. The van der Waals surface area contributed by atoms with E-state index in [-0.39, 0.29) is 30.1 Å². The fraction of sp³-hybridized carbons (Fsp3) is 0.676. The highest BCUT2D eigenvalue weighted by Crippen LogP contribution is 2.21. The minimum absolute atomic E-state index is 0.138. The predicted octanol–water partition coefficient (Wildman–Crippen LogP) is 3.13. The summed E-state index contributed by atoms with van der Waals surface area (Å²) >= 11 is 0. The number of rotatable bonds is 16. The standard InChI is InChI=1S/C34H54N6O6S/c1-4-6-9-17-30(41)36-34(37-31(42)18-10-7-5-2)39-22-19-27(20-23-39)25-35-32(43)29-16-13-21-40(29)33(44)28(38-47(3,45)46)24-26-14-11-8-12-15-26/h8,11-12,14-15,27-29,38H,4-7,9-10,13,16-25H2,1-3H3,(H,35,43)(H,36,37,41,42)/t28-,29+/m1/s1. The molecule has 3 N–H and O–H groups in total. The molecule has 1 aromatic carbocycles. The molecule has 262 valence electrons. The summed E-state index contributed by atoms with van der Waals surface area (Å²) in [5.74, 6) is -0.511. The lowest BCUT2D eigenvalue weighted by Gasteiger charge is -2.34. The third kappa shape index (κ3) is 13.4. The van der Waals surface area contributed by atoms with Crippen LogP contribution >= 0.6 is 0 Å². The highest BCUT2D eigenvalue weighted by molar-refractivity contribution is 7.88. The first-order valence-electron chi connectivity index (χ1n) is 17.3. The first-order valence-corrected chi connectivity index (χ1v) is 19.2. The van der Waals surface area contributed by atoms with Gasteiger partial charge in [-0.1, -0.05) is 69.9 Å². The monoisotopic (exact) mass is 674 g/mol. The normalized spacial score (nSPS) is 18.2. The second-order valence-electron chi connectivity index (χ2n) is 12.8. The fourth-order valence-corrected chi connectivity index (χ4v) is 6.80. The molecule has 0 spiro atoms. The van der Waals surface area contributed by atoms with Crippen LogP contribution in [0.15, 0.2) is 35.3 Å². The molecule has 0 unspecified atom stereocenters. The molecule has 2 heterocycles. The Balaban J connectivity index is 1.56. The Morgan fingerprint density at radius 1 is 0.915 bits per heavy atom. The highest BCUT2D eigenvalue weighted by Gasteiger charge is 2.38. The van der Waals surface area contributed by atoms with Crippen LogP contribution in [-0.4, -0.2) is 92.3 Å². The number of aliphatic imine (C=N–C) groups is 1. The lowest BCUT2D eigenvalue weighted by Crippen LogP contribution is -2.54. The van der Waals surface area contributed by atoms with Crippen molar-refractivity contribution in [3.63, 3.8) is 0 Å². The van der Waals surface area contributed by atoms with Gasteiger partial charge in [0.05, 0.1) is 6.26 Å². The van der Waals surface area contributed by atoms with Gasteiger partial charge in [-0.05, 0) is 56.4 Å². The quantitative estimate of drug-likeness (QED) is 0.138. The van der Waals surface area contributed by atoms with Crippen LogP contribution in [0, 0.1) is 5.92 Å². The number of piperidine rings is 1. The number of hydrogen-bond acceptors (Lipinski definition) is 6. The van der Waals surface area contributed by atoms with Crippen molar-refractivity contribution in [1.82, 2.24) is 25.2 Å². The van der Waals surface area contributed by atoms with Crippen molar-refractivity contribution >= 4 is 39.6 Å². The molecule has 4 amide bonds. The van der Waals surface area contributed by atoms with E-state index in [1.807, 2.05) is 35.2 Å². The summed E-state index contributed by atoms with van der Waals surface area (Å²) in [4.78, 5) is 59.9. The smallest absolute Gasteiger partial charge is 0.248 e. The lowest BCUT2D eigenvalue weighted by molar-refractivity contribution is -0.139. The van der Waals surface area contributed by atoms with E-state index in [1.54, 1.807) is 0 Å². The van der Waals surface area contributed by atoms with Crippen LogP contribution in [0.4, 0.5) is 0 Å². The summed E-state index contributed by atoms with van der Waals surface area (Å²) in [6.07, 6.45) is 10.1. The number of guanidine groups is 1. The number of hydrogen-bond donors (Lipinski definition) is 3. The van der Waals surface area contributed by atoms with E-state index in [1.165, 1.54) is 4.90 Å². The summed E-state index contributed by atoms with van der Waals surface area (Å²) < 4.78 is 26.7. The Bertz CT molecular complexity index is 1310. The van der Waals surface area contributed by atoms with Crippen LogP contribution in [0.5, 0.6) is 0 Å². The summed E-state index contributed by atoms with van der Waals surface area (Å²) in [5, 5.41) is 5.93. The molecule has 2 saturated heterocycles. The second-order valence-corrected chi connectivity index (χ2v) is 14.6. The molecule has 0 bridgehead atoms. The minimum atomic E-state index is -3.67. The van der Waals surface area contributed by atoms with Crippen molar-refractivity contribution in [2.24, 2.45) is 10.9 Å². The average molecular weight is 675 g/mol. The van der Waals surface area contributed by atoms with Crippen molar-refractivity contribution in [2.45, 2.75) is 109 Å². The van der Waals surface area contributed by atoms with Crippen molar-refractivity contribution in [2.75, 3.05) is 32.4 Å². The molecule has 3 rings (SSSR count). The molecule has 0 aromatic heterocycles. The first kappa shape index (κ1) is 38.1. The van der Waals surface area contributed by atoms with Gasteiger partial charge in [-0.25, -0.2) is 13.1 Å². The van der Waals surface area contributed by atoms with Crippen LogP contribution in [-0.2, 0) is 35.6 Å². The minimum Gasteiger partial charge on any atom is -0.354 e. The zero-order valence-electron chi connectivity index (χ0n) is 28.3. The van der Waals surface area contributed by atoms with Gasteiger partial charge in [0.25, 0.3) is 0 Å². The van der Waals surface area contributed by atoms with E-state index < -0.39 is 28.0 Å². The molecule has 0 saturated carbocycles. The molecule has 2 fully saturated rings. The van der Waals surface area contributed by atoms with Gasteiger partial charge in [-0.15, -0.1) is 0 Å². The molecule has 13 heteroatoms. The average Bonchev–Trinajstić information content (AvgIpc) is 3.53. The van der Waals surface area contributed by atoms with Crippen LogP contribution in [0.1, 0.15) is 96.5 Å². The van der Waals surface area contributed by atoms with Gasteiger partial charge in [0, 0.05) is 39.0 Å². The number of carbonyl (C=O) groups excluding carboxylic acids is 4. The molecule has 2 aliphatic rings. The number of nitrogens with zero attached hydrogens (tertiary/aromatic N) is 3. The molecule has 2 atom stereocenters. The highest BCUT2D eigenvalue weighted by atomic mass is 32.2. The molecule has 12 nitrogen and oxygen atoms in total. The molecular formula is C34H54N6O6S. The third-order valence-corrected chi connectivity index (χ3v) is 9.45. The summed E-state index contributed by atoms with van der Waals surface area (Å²) in [6.45, 7) is 6.15. The Labute approximate surface area is 280 Å². The van der Waals surface area contributed by atoms with E-state index in [0.29, 0.717) is 57.8 Å². The van der Waals surface area contributed by atoms with Gasteiger partial charge in [0.15, 0.2) is 0 Å². The number of sulfonamides is 1. The van der Waals surface area contributed by atoms with E-state index in [9.17, 15) is 27.6 Å². The topological polar surface area (TPSA) is 157 Å². The number of benzene rings is 1. The number of carbonyl (C=O) groups is 4. The third-order valence-electron chi connectivity index (χ3n) is 8.74. The molecule has 47 heavy (non-hydrogen) atoms. The molecule has 2 aliphatic heterocycles. The Kier molecular flexibility index (Phi) is 15.8. The molecule has 0 radical (unpaired) electrons. The van der Waals surface area contributed by atoms with Gasteiger partial charge >= 0.3 is 0 Å². The Hall–Kier alpha value is -3.32. The summed E-state index contributed by atoms with van der Waals surface area (Å²) in [7, 11) is -3.67. The van der Waals surface area contributed by atoms with Crippen LogP contribution in [0.3, 0.4) is 0 Å². The summed E-state index contributed by atoms with van der Waals surface area (Å²) in [6, 6.07) is 7.53. The fourth-order valence-electron chi connectivity index (χ4n) is 6.10. The zero-order chi connectivity index (χ0) is 34.2. The Morgan fingerprint density at radius 3 is 2.21 bits per heavy atom. The molecule has 0 aliphatic carbocycles. The zero-order valence-corrected chi connectivity index (χ0v) is 29.2. The van der Waals surface area contributed by atoms with Crippen molar-refractivity contribution in [1.29, 1.82) is 0 Å². The van der Waals surface area contributed by atoms with Crippen LogP contribution in [0.25, 0.3) is 0 Å². The lowest BCUT2D eigenvalue weighted by atomic mass is 9.96. The van der Waals surface area contributed by atoms with Crippen molar-refractivity contribution in [3.8, 4) is 0 Å². The van der Waals surface area contributed by atoms with Gasteiger partial charge in [-0.2, -0.15) is 4.99 Å². The van der Waals surface area contributed by atoms with E-state index in [0.717, 1.165) is 63.2 Å².